The summed E-state index contributed by atoms with van der Waals surface area (Å²) in [6.07, 6.45) is 2.59. The molecule has 0 bridgehead atoms. The molecule has 3 rings (SSSR count). The minimum Gasteiger partial charge on any atom is -0.481 e. The molecule has 0 saturated carbocycles. The van der Waals surface area contributed by atoms with E-state index >= 15 is 0 Å². The molecule has 6 nitrogen and oxygen atoms in total. The summed E-state index contributed by atoms with van der Waals surface area (Å²) in [6, 6.07) is 11.4. The lowest BCUT2D eigenvalue weighted by atomic mass is 9.99. The standard InChI is InChI=1S/C19H20N2O4/c1-13-5-2-6-14(11-13)16-12-15(17-7-4-10-25-17)20-21(16)18(22)8-3-9-19(23)24/h2,4-7,10-11,16H,3,8-9,12H2,1H3,(H,23,24). The summed E-state index contributed by atoms with van der Waals surface area (Å²) in [7, 11) is 0. The number of carbonyl (C=O) groups is 2. The zero-order valence-corrected chi connectivity index (χ0v) is 14.0. The molecule has 1 aliphatic rings. The Morgan fingerprint density at radius 1 is 1.28 bits per heavy atom. The molecule has 1 amide bonds. The van der Waals surface area contributed by atoms with Gasteiger partial charge in [0.1, 0.15) is 11.5 Å². The summed E-state index contributed by atoms with van der Waals surface area (Å²) in [5, 5.41) is 14.7. The largest absolute Gasteiger partial charge is 0.481 e. The molecular formula is C19H20N2O4. The van der Waals surface area contributed by atoms with Crippen molar-refractivity contribution in [2.75, 3.05) is 0 Å². The van der Waals surface area contributed by atoms with Crippen LogP contribution in [-0.2, 0) is 9.59 Å². The molecule has 1 unspecified atom stereocenters. The van der Waals surface area contributed by atoms with E-state index in [2.05, 4.69) is 5.10 Å². The Balaban J connectivity index is 1.83. The molecule has 0 radical (unpaired) electrons. The first-order valence-corrected chi connectivity index (χ1v) is 8.26. The van der Waals surface area contributed by atoms with Gasteiger partial charge in [-0.25, -0.2) is 5.01 Å². The quantitative estimate of drug-likeness (QED) is 0.872. The third-order valence-corrected chi connectivity index (χ3v) is 4.18. The van der Waals surface area contributed by atoms with Crippen LogP contribution >= 0.6 is 0 Å². The Morgan fingerprint density at radius 2 is 2.12 bits per heavy atom. The van der Waals surface area contributed by atoms with Gasteiger partial charge in [0, 0.05) is 19.3 Å². The molecule has 0 aliphatic carbocycles. The summed E-state index contributed by atoms with van der Waals surface area (Å²) >= 11 is 0. The topological polar surface area (TPSA) is 83.1 Å². The molecule has 130 valence electrons. The minimum absolute atomic E-state index is 0.0244. The first kappa shape index (κ1) is 17.0. The van der Waals surface area contributed by atoms with Gasteiger partial charge in [-0.15, -0.1) is 0 Å². The fourth-order valence-electron chi connectivity index (χ4n) is 2.97. The van der Waals surface area contributed by atoms with Crippen LogP contribution in [0.4, 0.5) is 0 Å². The fraction of sp³-hybridized carbons (Fsp3) is 0.316. The predicted molar refractivity (Wildman–Crippen MR) is 92.1 cm³/mol. The van der Waals surface area contributed by atoms with Crippen molar-refractivity contribution in [3.63, 3.8) is 0 Å². The van der Waals surface area contributed by atoms with E-state index < -0.39 is 5.97 Å². The highest BCUT2D eigenvalue weighted by atomic mass is 16.4. The van der Waals surface area contributed by atoms with E-state index in [4.69, 9.17) is 9.52 Å². The van der Waals surface area contributed by atoms with Crippen LogP contribution in [0.2, 0.25) is 0 Å². The van der Waals surface area contributed by atoms with Crippen LogP contribution in [0.5, 0.6) is 0 Å². The smallest absolute Gasteiger partial charge is 0.303 e. The number of rotatable bonds is 6. The monoisotopic (exact) mass is 340 g/mol. The zero-order chi connectivity index (χ0) is 17.8. The van der Waals surface area contributed by atoms with Crippen LogP contribution in [0.15, 0.2) is 52.2 Å². The molecule has 1 atom stereocenters. The van der Waals surface area contributed by atoms with Crippen molar-refractivity contribution in [1.29, 1.82) is 0 Å². The van der Waals surface area contributed by atoms with Crippen LogP contribution in [0, 0.1) is 6.92 Å². The van der Waals surface area contributed by atoms with Crippen LogP contribution in [0.1, 0.15) is 48.6 Å². The van der Waals surface area contributed by atoms with Crippen molar-refractivity contribution < 1.29 is 19.1 Å². The number of benzene rings is 1. The van der Waals surface area contributed by atoms with E-state index in [-0.39, 0.29) is 24.8 Å². The molecule has 0 fully saturated rings. The van der Waals surface area contributed by atoms with Crippen molar-refractivity contribution in [3.05, 3.63) is 59.5 Å². The lowest BCUT2D eigenvalue weighted by Gasteiger charge is -2.22. The van der Waals surface area contributed by atoms with Crippen molar-refractivity contribution in [2.24, 2.45) is 5.10 Å². The SMILES string of the molecule is Cc1cccc(C2CC(c3ccco3)=NN2C(=O)CCCC(=O)O)c1. The van der Waals surface area contributed by atoms with Crippen molar-refractivity contribution in [2.45, 2.75) is 38.6 Å². The zero-order valence-electron chi connectivity index (χ0n) is 14.0. The van der Waals surface area contributed by atoms with Crippen molar-refractivity contribution >= 4 is 17.6 Å². The number of hydrazone groups is 1. The molecule has 2 aromatic rings. The van der Waals surface area contributed by atoms with Gasteiger partial charge in [0.2, 0.25) is 5.91 Å². The Kier molecular flexibility index (Phi) is 4.97. The van der Waals surface area contributed by atoms with Gasteiger partial charge in [-0.1, -0.05) is 29.8 Å². The predicted octanol–water partition coefficient (Wildman–Crippen LogP) is 3.52. The van der Waals surface area contributed by atoms with Gasteiger partial charge in [-0.3, -0.25) is 9.59 Å². The maximum atomic E-state index is 12.6. The fourth-order valence-corrected chi connectivity index (χ4v) is 2.97. The number of carbonyl (C=O) groups excluding carboxylic acids is 1. The van der Waals surface area contributed by atoms with E-state index in [1.165, 1.54) is 5.01 Å². The van der Waals surface area contributed by atoms with Crippen molar-refractivity contribution in [3.8, 4) is 0 Å². The van der Waals surface area contributed by atoms with Gasteiger partial charge in [0.25, 0.3) is 0 Å². The number of furan rings is 1. The van der Waals surface area contributed by atoms with Gasteiger partial charge < -0.3 is 9.52 Å². The van der Waals surface area contributed by atoms with Crippen LogP contribution in [0.3, 0.4) is 0 Å². The third-order valence-electron chi connectivity index (χ3n) is 4.18. The molecule has 1 aliphatic heterocycles. The number of hydrogen-bond donors (Lipinski definition) is 1. The molecule has 2 heterocycles. The second kappa shape index (κ2) is 7.34. The van der Waals surface area contributed by atoms with Gasteiger partial charge >= 0.3 is 5.97 Å². The van der Waals surface area contributed by atoms with E-state index in [0.717, 1.165) is 16.8 Å². The highest BCUT2D eigenvalue weighted by Gasteiger charge is 2.33. The normalized spacial score (nSPS) is 16.8. The maximum Gasteiger partial charge on any atom is 0.303 e. The van der Waals surface area contributed by atoms with E-state index in [0.29, 0.717) is 18.6 Å². The van der Waals surface area contributed by atoms with E-state index in [1.807, 2.05) is 37.3 Å². The number of carboxylic acid groups (broad SMARTS) is 1. The number of hydrogen-bond acceptors (Lipinski definition) is 4. The average Bonchev–Trinajstić information content (AvgIpc) is 3.24. The second-order valence-electron chi connectivity index (χ2n) is 6.14. The van der Waals surface area contributed by atoms with E-state index in [9.17, 15) is 9.59 Å². The summed E-state index contributed by atoms with van der Waals surface area (Å²) in [6.45, 7) is 2.01. The summed E-state index contributed by atoms with van der Waals surface area (Å²) < 4.78 is 5.42. The molecule has 1 N–H and O–H groups in total. The van der Waals surface area contributed by atoms with Gasteiger partial charge in [0.15, 0.2) is 0 Å². The first-order valence-electron chi connectivity index (χ1n) is 8.26. The molecule has 0 saturated heterocycles. The number of aryl methyl sites for hydroxylation is 1. The van der Waals surface area contributed by atoms with Crippen LogP contribution in [0.25, 0.3) is 0 Å². The van der Waals surface area contributed by atoms with Crippen LogP contribution in [-0.4, -0.2) is 27.7 Å². The summed E-state index contributed by atoms with van der Waals surface area (Å²) in [5.74, 6) is -0.419. The third kappa shape index (κ3) is 3.96. The lowest BCUT2D eigenvalue weighted by molar-refractivity contribution is -0.137. The molecule has 0 spiro atoms. The Morgan fingerprint density at radius 3 is 2.80 bits per heavy atom. The number of carboxylic acids is 1. The lowest BCUT2D eigenvalue weighted by Crippen LogP contribution is -2.27. The number of nitrogens with zero attached hydrogens (tertiary/aromatic N) is 2. The average molecular weight is 340 g/mol. The summed E-state index contributed by atoms with van der Waals surface area (Å²) in [5.41, 5.74) is 2.85. The van der Waals surface area contributed by atoms with Gasteiger partial charge in [-0.05, 0) is 31.0 Å². The highest BCUT2D eigenvalue weighted by molar-refractivity contribution is 6.01. The Hall–Kier alpha value is -2.89. The first-order chi connectivity index (χ1) is 12.0. The maximum absolute atomic E-state index is 12.6. The van der Waals surface area contributed by atoms with E-state index in [1.54, 1.807) is 12.3 Å². The molecule has 25 heavy (non-hydrogen) atoms. The summed E-state index contributed by atoms with van der Waals surface area (Å²) in [4.78, 5) is 23.3. The molecular weight excluding hydrogens is 320 g/mol. The minimum atomic E-state index is -0.899. The number of aliphatic carboxylic acids is 1. The Bertz CT molecular complexity index is 796. The molecule has 1 aromatic carbocycles. The van der Waals surface area contributed by atoms with Gasteiger partial charge in [0.05, 0.1) is 12.3 Å². The number of amides is 1. The Labute approximate surface area is 145 Å². The highest BCUT2D eigenvalue weighted by Crippen LogP contribution is 2.33. The molecule has 6 heteroatoms. The second-order valence-corrected chi connectivity index (χ2v) is 6.14. The molecule has 1 aromatic heterocycles. The van der Waals surface area contributed by atoms with Crippen molar-refractivity contribution in [1.82, 2.24) is 5.01 Å². The van der Waals surface area contributed by atoms with Gasteiger partial charge in [-0.2, -0.15) is 5.10 Å². The van der Waals surface area contributed by atoms with Crippen LogP contribution < -0.4 is 0 Å².